The minimum absolute atomic E-state index is 0.108. The van der Waals surface area contributed by atoms with Gasteiger partial charge in [-0.15, -0.1) is 0 Å². The fourth-order valence-electron chi connectivity index (χ4n) is 1.88. The predicted octanol–water partition coefficient (Wildman–Crippen LogP) is 2.47. The lowest BCUT2D eigenvalue weighted by atomic mass is 10.1. The maximum Gasteiger partial charge on any atom is 0.229 e. The number of anilines is 1. The molecule has 0 heterocycles. The van der Waals surface area contributed by atoms with Crippen molar-refractivity contribution in [3.63, 3.8) is 0 Å². The Labute approximate surface area is 120 Å². The van der Waals surface area contributed by atoms with Crippen molar-refractivity contribution in [1.82, 2.24) is 5.32 Å². The van der Waals surface area contributed by atoms with E-state index in [0.29, 0.717) is 11.7 Å². The second-order valence-corrected chi connectivity index (χ2v) is 4.36. The number of amidine groups is 1. The van der Waals surface area contributed by atoms with Crippen LogP contribution in [0.15, 0.2) is 35.6 Å². The Bertz CT molecular complexity index is 550. The van der Waals surface area contributed by atoms with Crippen molar-refractivity contribution in [2.75, 3.05) is 19.1 Å². The number of nitrogens with zero attached hydrogens (tertiary/aromatic N) is 2. The summed E-state index contributed by atoms with van der Waals surface area (Å²) in [5.41, 5.74) is 1.72. The molecule has 5 heteroatoms. The number of aryl methyl sites for hydroxylation is 1. The molecule has 0 saturated heterocycles. The fraction of sp³-hybridized carbons (Fsp3) is 0.333. The summed E-state index contributed by atoms with van der Waals surface area (Å²) in [5, 5.41) is 2.83. The third-order valence-electron chi connectivity index (χ3n) is 2.87. The molecule has 0 atom stereocenters. The molecule has 108 valence electrons. The van der Waals surface area contributed by atoms with Crippen LogP contribution < -0.4 is 15.0 Å². The SMILES string of the molecule is C=C(N=C(C)N(C(C)=O)c1ccc(OC)cc1C)NC. The maximum atomic E-state index is 11.9. The van der Waals surface area contributed by atoms with Crippen molar-refractivity contribution in [2.24, 2.45) is 4.99 Å². The molecule has 0 spiro atoms. The summed E-state index contributed by atoms with van der Waals surface area (Å²) in [4.78, 5) is 17.7. The Hall–Kier alpha value is -2.30. The summed E-state index contributed by atoms with van der Waals surface area (Å²) < 4.78 is 5.17. The van der Waals surface area contributed by atoms with Gasteiger partial charge >= 0.3 is 0 Å². The van der Waals surface area contributed by atoms with Gasteiger partial charge in [0.05, 0.1) is 12.8 Å². The van der Waals surface area contributed by atoms with Gasteiger partial charge < -0.3 is 10.1 Å². The number of rotatable bonds is 4. The third kappa shape index (κ3) is 3.60. The zero-order chi connectivity index (χ0) is 15.3. The molecule has 0 aliphatic heterocycles. The van der Waals surface area contributed by atoms with Crippen LogP contribution in [0, 0.1) is 6.92 Å². The van der Waals surface area contributed by atoms with E-state index < -0.39 is 0 Å². The molecule has 0 saturated carbocycles. The highest BCUT2D eigenvalue weighted by Crippen LogP contribution is 2.25. The van der Waals surface area contributed by atoms with Gasteiger partial charge in [0.15, 0.2) is 0 Å². The van der Waals surface area contributed by atoms with Crippen LogP contribution in [0.4, 0.5) is 5.69 Å². The smallest absolute Gasteiger partial charge is 0.229 e. The fourth-order valence-corrected chi connectivity index (χ4v) is 1.88. The molecular formula is C15H21N3O2. The van der Waals surface area contributed by atoms with Gasteiger partial charge in [-0.1, -0.05) is 6.58 Å². The quantitative estimate of drug-likeness (QED) is 0.678. The Morgan fingerprint density at radius 2 is 2.05 bits per heavy atom. The Balaban J connectivity index is 3.25. The average Bonchev–Trinajstić information content (AvgIpc) is 2.40. The summed E-state index contributed by atoms with van der Waals surface area (Å²) in [6, 6.07) is 5.54. The standard InChI is InChI=1S/C15H21N3O2/c1-10-9-14(20-6)7-8-15(10)18(13(4)19)12(3)17-11(2)16-5/h7-9,16H,2H2,1,3-6H3. The van der Waals surface area contributed by atoms with Gasteiger partial charge in [-0.3, -0.25) is 9.69 Å². The number of hydrogen-bond donors (Lipinski definition) is 1. The molecule has 0 radical (unpaired) electrons. The van der Waals surface area contributed by atoms with Crippen LogP contribution in [0.25, 0.3) is 0 Å². The van der Waals surface area contributed by atoms with Gasteiger partial charge in [-0.05, 0) is 37.6 Å². The highest BCUT2D eigenvalue weighted by molar-refractivity contribution is 6.16. The summed E-state index contributed by atoms with van der Waals surface area (Å²) in [5.74, 6) is 1.71. The normalized spacial score (nSPS) is 10.9. The van der Waals surface area contributed by atoms with Crippen molar-refractivity contribution >= 4 is 17.4 Å². The Morgan fingerprint density at radius 1 is 1.40 bits per heavy atom. The third-order valence-corrected chi connectivity index (χ3v) is 2.87. The van der Waals surface area contributed by atoms with Crippen molar-refractivity contribution < 1.29 is 9.53 Å². The Kier molecular flexibility index (Phi) is 5.32. The molecule has 0 fully saturated rings. The molecule has 0 bridgehead atoms. The molecule has 5 nitrogen and oxygen atoms in total. The van der Waals surface area contributed by atoms with E-state index in [2.05, 4.69) is 16.9 Å². The molecule has 0 unspecified atom stereocenters. The maximum absolute atomic E-state index is 11.9. The molecule has 1 aromatic carbocycles. The summed E-state index contributed by atoms with van der Waals surface area (Å²) in [6.45, 7) is 8.94. The number of nitrogens with one attached hydrogen (secondary N) is 1. The molecule has 1 aromatic rings. The van der Waals surface area contributed by atoms with E-state index in [9.17, 15) is 4.79 Å². The number of methoxy groups -OCH3 is 1. The van der Waals surface area contributed by atoms with Gasteiger partial charge in [0.1, 0.15) is 17.4 Å². The van der Waals surface area contributed by atoms with Crippen molar-refractivity contribution in [1.29, 1.82) is 0 Å². The van der Waals surface area contributed by atoms with Crippen LogP contribution in [0.2, 0.25) is 0 Å². The first-order valence-corrected chi connectivity index (χ1v) is 6.28. The van der Waals surface area contributed by atoms with E-state index in [-0.39, 0.29) is 5.91 Å². The zero-order valence-corrected chi connectivity index (χ0v) is 12.7. The zero-order valence-electron chi connectivity index (χ0n) is 12.7. The predicted molar refractivity (Wildman–Crippen MR) is 82.2 cm³/mol. The van der Waals surface area contributed by atoms with Gasteiger partial charge in [-0.25, -0.2) is 4.99 Å². The minimum Gasteiger partial charge on any atom is -0.497 e. The molecule has 20 heavy (non-hydrogen) atoms. The van der Waals surface area contributed by atoms with Gasteiger partial charge in [-0.2, -0.15) is 0 Å². The molecule has 0 aliphatic carbocycles. The molecule has 0 aromatic heterocycles. The number of carbonyl (C=O) groups excluding carboxylic acids is 1. The topological polar surface area (TPSA) is 53.9 Å². The van der Waals surface area contributed by atoms with E-state index in [4.69, 9.17) is 4.74 Å². The van der Waals surface area contributed by atoms with Gasteiger partial charge in [0.25, 0.3) is 0 Å². The van der Waals surface area contributed by atoms with Gasteiger partial charge in [0, 0.05) is 14.0 Å². The van der Waals surface area contributed by atoms with Crippen LogP contribution in [-0.4, -0.2) is 25.9 Å². The molecule has 1 N–H and O–H groups in total. The summed E-state index contributed by atoms with van der Waals surface area (Å²) in [7, 11) is 3.34. The molecule has 1 rings (SSSR count). The van der Waals surface area contributed by atoms with E-state index >= 15 is 0 Å². The summed E-state index contributed by atoms with van der Waals surface area (Å²) in [6.07, 6.45) is 0. The monoisotopic (exact) mass is 275 g/mol. The van der Waals surface area contributed by atoms with Crippen LogP contribution in [-0.2, 0) is 4.79 Å². The first-order valence-electron chi connectivity index (χ1n) is 6.28. The van der Waals surface area contributed by atoms with Crippen molar-refractivity contribution in [3.05, 3.63) is 36.2 Å². The highest BCUT2D eigenvalue weighted by Gasteiger charge is 2.17. The second-order valence-electron chi connectivity index (χ2n) is 4.36. The first kappa shape index (κ1) is 15.8. The number of ether oxygens (including phenoxy) is 1. The van der Waals surface area contributed by atoms with Crippen LogP contribution in [0.3, 0.4) is 0 Å². The van der Waals surface area contributed by atoms with E-state index in [1.165, 1.54) is 6.92 Å². The van der Waals surface area contributed by atoms with Crippen LogP contribution in [0.5, 0.6) is 5.75 Å². The highest BCUT2D eigenvalue weighted by atomic mass is 16.5. The van der Waals surface area contributed by atoms with Crippen LogP contribution >= 0.6 is 0 Å². The lowest BCUT2D eigenvalue weighted by molar-refractivity contribution is -0.115. The molecular weight excluding hydrogens is 254 g/mol. The largest absolute Gasteiger partial charge is 0.497 e. The van der Waals surface area contributed by atoms with Crippen molar-refractivity contribution in [3.8, 4) is 5.75 Å². The summed E-state index contributed by atoms with van der Waals surface area (Å²) >= 11 is 0. The van der Waals surface area contributed by atoms with Crippen LogP contribution in [0.1, 0.15) is 19.4 Å². The number of benzene rings is 1. The molecule has 0 aliphatic rings. The number of hydrogen-bond acceptors (Lipinski definition) is 4. The van der Waals surface area contributed by atoms with E-state index in [1.807, 2.05) is 25.1 Å². The van der Waals surface area contributed by atoms with E-state index in [1.54, 1.807) is 26.0 Å². The minimum atomic E-state index is -0.108. The first-order chi connectivity index (χ1) is 9.40. The lowest BCUT2D eigenvalue weighted by Gasteiger charge is -2.23. The average molecular weight is 275 g/mol. The van der Waals surface area contributed by atoms with E-state index in [0.717, 1.165) is 17.0 Å². The molecule has 1 amide bonds. The lowest BCUT2D eigenvalue weighted by Crippen LogP contribution is -2.34. The second kappa shape index (κ2) is 6.75. The number of carbonyl (C=O) groups is 1. The Morgan fingerprint density at radius 3 is 2.50 bits per heavy atom. The number of amides is 1. The van der Waals surface area contributed by atoms with Gasteiger partial charge in [0.2, 0.25) is 5.91 Å². The number of aliphatic imine (C=N–C) groups is 1. The van der Waals surface area contributed by atoms with Crippen molar-refractivity contribution in [2.45, 2.75) is 20.8 Å².